The molecule has 0 aliphatic heterocycles. The lowest BCUT2D eigenvalue weighted by molar-refractivity contribution is -0.112. The van der Waals surface area contributed by atoms with Gasteiger partial charge in [0.15, 0.2) is 11.5 Å². The maximum Gasteiger partial charge on any atom is 0.268 e. The smallest absolute Gasteiger partial charge is 0.268 e. The molecule has 0 spiro atoms. The van der Waals surface area contributed by atoms with E-state index in [4.69, 9.17) is 25.8 Å². The topological polar surface area (TPSA) is 140 Å². The summed E-state index contributed by atoms with van der Waals surface area (Å²) in [6, 6.07) is 14.1. The molecule has 0 radical (unpaired) electrons. The van der Waals surface area contributed by atoms with Crippen LogP contribution < -0.4 is 19.5 Å². The van der Waals surface area contributed by atoms with Crippen molar-refractivity contribution in [2.75, 3.05) is 31.4 Å². The SMILES string of the molecule is CCS(=O)(=O)c1nnc(NC(=O)/C(C#N)=C\c2cc(Cl)c(OCCOc3ccccc3)c(OC)c2)s1. The summed E-state index contributed by atoms with van der Waals surface area (Å²) in [6.07, 6.45) is 1.30. The van der Waals surface area contributed by atoms with Crippen molar-refractivity contribution in [1.29, 1.82) is 5.26 Å². The molecule has 1 heterocycles. The van der Waals surface area contributed by atoms with E-state index in [9.17, 15) is 18.5 Å². The second-order valence-corrected chi connectivity index (χ2v) is 10.8. The number of benzene rings is 2. The molecule has 1 N–H and O–H groups in total. The van der Waals surface area contributed by atoms with Crippen molar-refractivity contribution in [1.82, 2.24) is 10.2 Å². The van der Waals surface area contributed by atoms with Gasteiger partial charge in [-0.2, -0.15) is 5.26 Å². The Kier molecular flexibility index (Phi) is 9.24. The minimum Gasteiger partial charge on any atom is -0.493 e. The first-order chi connectivity index (χ1) is 17.3. The van der Waals surface area contributed by atoms with E-state index in [-0.39, 0.29) is 44.8 Å². The second-order valence-electron chi connectivity index (χ2n) is 6.94. The molecular weight excluding hydrogens is 528 g/mol. The number of halogens is 1. The summed E-state index contributed by atoms with van der Waals surface area (Å²) in [7, 11) is -2.13. The van der Waals surface area contributed by atoms with Gasteiger partial charge in [0.25, 0.3) is 5.91 Å². The van der Waals surface area contributed by atoms with Crippen molar-refractivity contribution in [2.24, 2.45) is 0 Å². The van der Waals surface area contributed by atoms with Crippen LogP contribution in [0, 0.1) is 11.3 Å². The Morgan fingerprint density at radius 3 is 2.58 bits per heavy atom. The van der Waals surface area contributed by atoms with Gasteiger partial charge in [0, 0.05) is 0 Å². The Balaban J connectivity index is 1.71. The van der Waals surface area contributed by atoms with Gasteiger partial charge in [-0.05, 0) is 35.9 Å². The molecule has 0 unspecified atom stereocenters. The molecule has 10 nitrogen and oxygen atoms in total. The zero-order valence-corrected chi connectivity index (χ0v) is 21.6. The number of carbonyl (C=O) groups excluding carboxylic acids is 1. The molecule has 188 valence electrons. The van der Waals surface area contributed by atoms with E-state index in [2.05, 4.69) is 15.5 Å². The lowest BCUT2D eigenvalue weighted by atomic mass is 10.1. The van der Waals surface area contributed by atoms with E-state index < -0.39 is 15.7 Å². The average Bonchev–Trinajstić information content (AvgIpc) is 3.35. The van der Waals surface area contributed by atoms with Crippen molar-refractivity contribution in [3.8, 4) is 23.3 Å². The number of methoxy groups -OCH3 is 1. The van der Waals surface area contributed by atoms with E-state index in [0.29, 0.717) is 28.4 Å². The highest BCUT2D eigenvalue weighted by Gasteiger charge is 2.20. The molecule has 0 bridgehead atoms. The number of hydrogen-bond donors (Lipinski definition) is 1. The van der Waals surface area contributed by atoms with Gasteiger partial charge in [0.2, 0.25) is 19.3 Å². The third-order valence-corrected chi connectivity index (χ3v) is 7.84. The third kappa shape index (κ3) is 6.94. The summed E-state index contributed by atoms with van der Waals surface area (Å²) >= 11 is 7.07. The number of ether oxygens (including phenoxy) is 3. The summed E-state index contributed by atoms with van der Waals surface area (Å²) in [6.45, 7) is 1.94. The first-order valence-electron chi connectivity index (χ1n) is 10.4. The van der Waals surface area contributed by atoms with Crippen molar-refractivity contribution < 1.29 is 27.4 Å². The number of hydrogen-bond acceptors (Lipinski definition) is 10. The number of sulfone groups is 1. The lowest BCUT2D eigenvalue weighted by Crippen LogP contribution is -2.13. The predicted molar refractivity (Wildman–Crippen MR) is 135 cm³/mol. The van der Waals surface area contributed by atoms with E-state index in [0.717, 1.165) is 0 Å². The summed E-state index contributed by atoms with van der Waals surface area (Å²) in [5, 5.41) is 19.3. The molecule has 3 rings (SSSR count). The molecule has 0 aliphatic carbocycles. The Hall–Kier alpha value is -3.66. The Bertz CT molecular complexity index is 1400. The largest absolute Gasteiger partial charge is 0.493 e. The molecular formula is C23H21ClN4O6S2. The van der Waals surface area contributed by atoms with Crippen molar-refractivity contribution in [3.63, 3.8) is 0 Å². The van der Waals surface area contributed by atoms with Gasteiger partial charge in [-0.1, -0.05) is 48.1 Å². The molecule has 1 aromatic heterocycles. The number of nitrogens with zero attached hydrogens (tertiary/aromatic N) is 3. The standard InChI is InChI=1S/C23H21ClN4O6S2/c1-3-36(30,31)23-28-27-22(35-23)26-21(29)16(14-25)11-15-12-18(24)20(19(13-15)32-2)34-10-9-33-17-7-5-4-6-8-17/h4-8,11-13H,3,9-10H2,1-2H3,(H,26,27,29)/b16-11-. The van der Waals surface area contributed by atoms with Crippen molar-refractivity contribution in [2.45, 2.75) is 11.3 Å². The first kappa shape index (κ1) is 26.9. The molecule has 0 saturated carbocycles. The third-order valence-electron chi connectivity index (χ3n) is 4.54. The lowest BCUT2D eigenvalue weighted by Gasteiger charge is -2.14. The first-order valence-corrected chi connectivity index (χ1v) is 13.3. The summed E-state index contributed by atoms with van der Waals surface area (Å²) in [5.41, 5.74) is 0.135. The quantitative estimate of drug-likeness (QED) is 0.163. The molecule has 3 aromatic rings. The highest BCUT2D eigenvalue weighted by Crippen LogP contribution is 2.37. The van der Waals surface area contributed by atoms with Crippen LogP contribution in [0.25, 0.3) is 6.08 Å². The van der Waals surface area contributed by atoms with E-state index >= 15 is 0 Å². The number of nitrogens with one attached hydrogen (secondary N) is 1. The molecule has 0 aliphatic rings. The number of aromatic nitrogens is 2. The van der Waals surface area contributed by atoms with Crippen LogP contribution in [0.15, 0.2) is 52.4 Å². The van der Waals surface area contributed by atoms with Crippen LogP contribution in [-0.4, -0.2) is 50.6 Å². The molecule has 13 heteroatoms. The fourth-order valence-electron chi connectivity index (χ4n) is 2.77. The average molecular weight is 549 g/mol. The molecule has 0 fully saturated rings. The maximum atomic E-state index is 12.6. The summed E-state index contributed by atoms with van der Waals surface area (Å²) in [5.74, 6) is 0.349. The number of carbonyl (C=O) groups is 1. The van der Waals surface area contributed by atoms with E-state index in [1.165, 1.54) is 26.2 Å². The van der Waals surface area contributed by atoms with Crippen molar-refractivity contribution >= 4 is 49.9 Å². The zero-order chi connectivity index (χ0) is 26.1. The van der Waals surface area contributed by atoms with Crippen LogP contribution >= 0.6 is 22.9 Å². The number of anilines is 1. The Morgan fingerprint density at radius 1 is 1.19 bits per heavy atom. The monoisotopic (exact) mass is 548 g/mol. The number of para-hydroxylation sites is 1. The number of amides is 1. The molecule has 2 aromatic carbocycles. The van der Waals surface area contributed by atoms with Gasteiger partial charge in [0.05, 0.1) is 17.9 Å². The molecule has 0 atom stereocenters. The normalized spacial score (nSPS) is 11.4. The fraction of sp³-hybridized carbons (Fsp3) is 0.217. The highest BCUT2D eigenvalue weighted by atomic mass is 35.5. The Labute approximate surface area is 217 Å². The van der Waals surface area contributed by atoms with Crippen LogP contribution in [0.3, 0.4) is 0 Å². The number of rotatable bonds is 11. The second kappa shape index (κ2) is 12.3. The summed E-state index contributed by atoms with van der Waals surface area (Å²) < 4.78 is 40.2. The van der Waals surface area contributed by atoms with Gasteiger partial charge >= 0.3 is 0 Å². The molecule has 1 amide bonds. The minimum atomic E-state index is -3.56. The van der Waals surface area contributed by atoms with Crippen LogP contribution in [-0.2, 0) is 14.6 Å². The van der Waals surface area contributed by atoms with Crippen molar-refractivity contribution in [3.05, 3.63) is 58.6 Å². The maximum absolute atomic E-state index is 12.6. The van der Waals surface area contributed by atoms with Gasteiger partial charge in [-0.3, -0.25) is 10.1 Å². The molecule has 36 heavy (non-hydrogen) atoms. The van der Waals surface area contributed by atoms with Gasteiger partial charge in [-0.15, -0.1) is 10.2 Å². The highest BCUT2D eigenvalue weighted by molar-refractivity contribution is 7.93. The van der Waals surface area contributed by atoms with Crippen LogP contribution in [0.1, 0.15) is 12.5 Å². The van der Waals surface area contributed by atoms with Gasteiger partial charge in [-0.25, -0.2) is 8.42 Å². The van der Waals surface area contributed by atoms with Gasteiger partial charge < -0.3 is 14.2 Å². The zero-order valence-electron chi connectivity index (χ0n) is 19.2. The van der Waals surface area contributed by atoms with E-state index in [1.807, 2.05) is 30.3 Å². The van der Waals surface area contributed by atoms with Crippen LogP contribution in [0.2, 0.25) is 5.02 Å². The predicted octanol–water partition coefficient (Wildman–Crippen LogP) is 4.00. The number of nitriles is 1. The molecule has 0 saturated heterocycles. The minimum absolute atomic E-state index is 0.0507. The van der Waals surface area contributed by atoms with E-state index in [1.54, 1.807) is 12.1 Å². The van der Waals surface area contributed by atoms with Crippen LogP contribution in [0.4, 0.5) is 5.13 Å². The van der Waals surface area contributed by atoms with Crippen LogP contribution in [0.5, 0.6) is 17.2 Å². The van der Waals surface area contributed by atoms with Gasteiger partial charge in [0.1, 0.15) is 30.6 Å². The summed E-state index contributed by atoms with van der Waals surface area (Å²) in [4.78, 5) is 12.6. The Morgan fingerprint density at radius 2 is 1.92 bits per heavy atom. The fourth-order valence-corrected chi connectivity index (χ4v) is 5.03.